The van der Waals surface area contributed by atoms with Gasteiger partial charge in [-0.3, -0.25) is 9.48 Å². The van der Waals surface area contributed by atoms with Crippen LogP contribution in [0.1, 0.15) is 10.4 Å². The summed E-state index contributed by atoms with van der Waals surface area (Å²) in [6, 6.07) is 1.91. The molecule has 22 heavy (non-hydrogen) atoms. The van der Waals surface area contributed by atoms with E-state index in [1.165, 1.54) is 11.8 Å². The van der Waals surface area contributed by atoms with Crippen LogP contribution in [0.25, 0.3) is 0 Å². The van der Waals surface area contributed by atoms with E-state index in [1.807, 2.05) is 24.3 Å². The van der Waals surface area contributed by atoms with Gasteiger partial charge in [0.1, 0.15) is 5.82 Å². The molecular formula is C14H18N6OS. The molecule has 116 valence electrons. The van der Waals surface area contributed by atoms with Crippen molar-refractivity contribution in [1.29, 1.82) is 0 Å². The highest BCUT2D eigenvalue weighted by atomic mass is 32.2. The Labute approximate surface area is 133 Å². The minimum absolute atomic E-state index is 0.0419. The smallest absolute Gasteiger partial charge is 0.257 e. The fourth-order valence-electron chi connectivity index (χ4n) is 2.46. The van der Waals surface area contributed by atoms with Crippen LogP contribution in [0.15, 0.2) is 29.8 Å². The summed E-state index contributed by atoms with van der Waals surface area (Å²) in [5, 5.41) is 4.82. The Bertz CT molecular complexity index is 665. The number of carbonyl (C=O) groups is 1. The first-order chi connectivity index (χ1) is 10.7. The van der Waals surface area contributed by atoms with E-state index in [-0.39, 0.29) is 5.91 Å². The molecule has 0 aliphatic carbocycles. The van der Waals surface area contributed by atoms with E-state index in [0.29, 0.717) is 18.7 Å². The molecule has 1 aliphatic rings. The maximum absolute atomic E-state index is 12.4. The van der Waals surface area contributed by atoms with Gasteiger partial charge < -0.3 is 9.80 Å². The van der Waals surface area contributed by atoms with Gasteiger partial charge in [-0.2, -0.15) is 5.10 Å². The number of amides is 1. The molecule has 0 saturated carbocycles. The van der Waals surface area contributed by atoms with Crippen LogP contribution in [0.2, 0.25) is 0 Å². The number of nitrogens with zero attached hydrogens (tertiary/aromatic N) is 6. The highest BCUT2D eigenvalue weighted by molar-refractivity contribution is 7.98. The van der Waals surface area contributed by atoms with Crippen molar-refractivity contribution < 1.29 is 4.79 Å². The van der Waals surface area contributed by atoms with Crippen LogP contribution in [0.3, 0.4) is 0 Å². The van der Waals surface area contributed by atoms with Crippen LogP contribution in [0.5, 0.6) is 0 Å². The fraction of sp³-hybridized carbons (Fsp3) is 0.429. The number of anilines is 1. The van der Waals surface area contributed by atoms with Crippen LogP contribution >= 0.6 is 11.8 Å². The lowest BCUT2D eigenvalue weighted by Crippen LogP contribution is -2.49. The zero-order valence-corrected chi connectivity index (χ0v) is 13.5. The molecule has 0 unspecified atom stereocenters. The molecule has 0 atom stereocenters. The SMILES string of the molecule is CSc1nccc(N2CCN(C(=O)c3cnn(C)c3)CC2)n1. The first kappa shape index (κ1) is 14.8. The molecule has 1 amide bonds. The summed E-state index contributed by atoms with van der Waals surface area (Å²) in [6.07, 6.45) is 7.11. The van der Waals surface area contributed by atoms with Gasteiger partial charge in [0.15, 0.2) is 5.16 Å². The molecule has 1 saturated heterocycles. The summed E-state index contributed by atoms with van der Waals surface area (Å²) in [5.74, 6) is 0.966. The molecule has 0 radical (unpaired) electrons. The number of aromatic nitrogens is 4. The van der Waals surface area contributed by atoms with Gasteiger partial charge in [0.05, 0.1) is 11.8 Å². The highest BCUT2D eigenvalue weighted by Gasteiger charge is 2.23. The monoisotopic (exact) mass is 318 g/mol. The Morgan fingerprint density at radius 3 is 2.68 bits per heavy atom. The third kappa shape index (κ3) is 3.06. The predicted octanol–water partition coefficient (Wildman–Crippen LogP) is 0.894. The second-order valence-corrected chi connectivity index (χ2v) is 5.86. The van der Waals surface area contributed by atoms with E-state index in [9.17, 15) is 4.79 Å². The molecule has 7 nitrogen and oxygen atoms in total. The summed E-state index contributed by atoms with van der Waals surface area (Å²) in [7, 11) is 1.81. The summed E-state index contributed by atoms with van der Waals surface area (Å²) in [5.41, 5.74) is 0.641. The Hall–Kier alpha value is -2.09. The van der Waals surface area contributed by atoms with Crippen molar-refractivity contribution in [2.45, 2.75) is 5.16 Å². The largest absolute Gasteiger partial charge is 0.353 e. The Kier molecular flexibility index (Phi) is 4.28. The van der Waals surface area contributed by atoms with Gasteiger partial charge >= 0.3 is 0 Å². The van der Waals surface area contributed by atoms with Crippen molar-refractivity contribution in [1.82, 2.24) is 24.6 Å². The molecule has 8 heteroatoms. The molecule has 2 aromatic heterocycles. The molecular weight excluding hydrogens is 300 g/mol. The Balaban J connectivity index is 1.63. The quantitative estimate of drug-likeness (QED) is 0.619. The average Bonchev–Trinajstić information content (AvgIpc) is 3.01. The molecule has 3 heterocycles. The van der Waals surface area contributed by atoms with E-state index in [2.05, 4.69) is 20.0 Å². The van der Waals surface area contributed by atoms with Gasteiger partial charge in [-0.1, -0.05) is 11.8 Å². The van der Waals surface area contributed by atoms with E-state index in [0.717, 1.165) is 24.1 Å². The van der Waals surface area contributed by atoms with E-state index >= 15 is 0 Å². The molecule has 1 fully saturated rings. The van der Waals surface area contributed by atoms with Gasteiger partial charge in [0.25, 0.3) is 5.91 Å². The topological polar surface area (TPSA) is 67.2 Å². The lowest BCUT2D eigenvalue weighted by atomic mass is 10.2. The van der Waals surface area contributed by atoms with Gasteiger partial charge in [-0.15, -0.1) is 0 Å². The van der Waals surface area contributed by atoms with Crippen LogP contribution < -0.4 is 4.90 Å². The first-order valence-electron chi connectivity index (χ1n) is 7.07. The van der Waals surface area contributed by atoms with Crippen LogP contribution in [-0.2, 0) is 7.05 Å². The number of hydrogen-bond donors (Lipinski definition) is 0. The number of aryl methyl sites for hydroxylation is 1. The fourth-order valence-corrected chi connectivity index (χ4v) is 2.81. The van der Waals surface area contributed by atoms with Crippen LogP contribution in [-0.4, -0.2) is 63.0 Å². The first-order valence-corrected chi connectivity index (χ1v) is 8.30. The maximum Gasteiger partial charge on any atom is 0.257 e. The van der Waals surface area contributed by atoms with Crippen molar-refractivity contribution >= 4 is 23.5 Å². The van der Waals surface area contributed by atoms with Crippen molar-refractivity contribution in [2.75, 3.05) is 37.3 Å². The molecule has 0 bridgehead atoms. The molecule has 0 spiro atoms. The third-order valence-corrected chi connectivity index (χ3v) is 4.21. The minimum Gasteiger partial charge on any atom is -0.353 e. The second kappa shape index (κ2) is 6.35. The summed E-state index contributed by atoms with van der Waals surface area (Å²) in [6.45, 7) is 2.92. The molecule has 2 aromatic rings. The average molecular weight is 318 g/mol. The number of thioether (sulfide) groups is 1. The highest BCUT2D eigenvalue weighted by Crippen LogP contribution is 2.17. The second-order valence-electron chi connectivity index (χ2n) is 5.08. The van der Waals surface area contributed by atoms with E-state index in [4.69, 9.17) is 0 Å². The van der Waals surface area contributed by atoms with Gasteiger partial charge in [0.2, 0.25) is 0 Å². The van der Waals surface area contributed by atoms with Gasteiger partial charge in [-0.25, -0.2) is 9.97 Å². The summed E-state index contributed by atoms with van der Waals surface area (Å²) < 4.78 is 1.65. The van der Waals surface area contributed by atoms with E-state index < -0.39 is 0 Å². The van der Waals surface area contributed by atoms with Crippen LogP contribution in [0, 0.1) is 0 Å². The number of hydrogen-bond acceptors (Lipinski definition) is 6. The third-order valence-electron chi connectivity index (χ3n) is 3.64. The zero-order valence-electron chi connectivity index (χ0n) is 12.6. The molecule has 0 N–H and O–H groups in total. The Morgan fingerprint density at radius 1 is 1.27 bits per heavy atom. The minimum atomic E-state index is 0.0419. The van der Waals surface area contributed by atoms with Crippen molar-refractivity contribution in [3.63, 3.8) is 0 Å². The van der Waals surface area contributed by atoms with Crippen molar-refractivity contribution in [3.05, 3.63) is 30.2 Å². The van der Waals surface area contributed by atoms with Crippen LogP contribution in [0.4, 0.5) is 5.82 Å². The Morgan fingerprint density at radius 2 is 2.05 bits per heavy atom. The standard InChI is InChI=1S/C14H18N6OS/c1-18-10-11(9-16-18)13(21)20-7-5-19(6-8-20)12-3-4-15-14(17-12)22-2/h3-4,9-10H,5-8H2,1-2H3. The van der Waals surface area contributed by atoms with Crippen molar-refractivity contribution in [2.24, 2.45) is 7.05 Å². The molecule has 3 rings (SSSR count). The summed E-state index contributed by atoms with van der Waals surface area (Å²) in [4.78, 5) is 25.1. The lowest BCUT2D eigenvalue weighted by Gasteiger charge is -2.35. The molecule has 0 aromatic carbocycles. The maximum atomic E-state index is 12.4. The summed E-state index contributed by atoms with van der Waals surface area (Å²) >= 11 is 1.53. The zero-order chi connectivity index (χ0) is 15.5. The lowest BCUT2D eigenvalue weighted by molar-refractivity contribution is 0.0746. The van der Waals surface area contributed by atoms with E-state index in [1.54, 1.807) is 23.3 Å². The number of carbonyl (C=O) groups excluding carboxylic acids is 1. The number of piperazine rings is 1. The number of rotatable bonds is 3. The normalized spacial score (nSPS) is 15.2. The van der Waals surface area contributed by atoms with Gasteiger partial charge in [0, 0.05) is 45.6 Å². The van der Waals surface area contributed by atoms with Crippen molar-refractivity contribution in [3.8, 4) is 0 Å². The van der Waals surface area contributed by atoms with Gasteiger partial charge in [-0.05, 0) is 12.3 Å². The molecule has 1 aliphatic heterocycles. The predicted molar refractivity (Wildman–Crippen MR) is 85.1 cm³/mol.